The van der Waals surface area contributed by atoms with Gasteiger partial charge in [-0.3, -0.25) is 14.7 Å². The van der Waals surface area contributed by atoms with Crippen LogP contribution in [-0.4, -0.2) is 53.3 Å². The molecule has 0 aliphatic carbocycles. The zero-order valence-corrected chi connectivity index (χ0v) is 12.3. The van der Waals surface area contributed by atoms with Crippen molar-refractivity contribution >= 4 is 30.7 Å². The van der Waals surface area contributed by atoms with Crippen molar-refractivity contribution in [3.8, 4) is 0 Å². The van der Waals surface area contributed by atoms with Gasteiger partial charge < -0.3 is 9.57 Å². The summed E-state index contributed by atoms with van der Waals surface area (Å²) in [5.41, 5.74) is 2.40. The lowest BCUT2D eigenvalue weighted by Crippen LogP contribution is -2.49. The van der Waals surface area contributed by atoms with E-state index in [0.717, 1.165) is 6.42 Å². The van der Waals surface area contributed by atoms with Crippen LogP contribution in [0.3, 0.4) is 0 Å². The Morgan fingerprint density at radius 2 is 2.28 bits per heavy atom. The summed E-state index contributed by atoms with van der Waals surface area (Å²) in [5.74, 6) is -0.245. The number of hydrogen-bond donors (Lipinski definition) is 2. The lowest BCUT2D eigenvalue weighted by molar-refractivity contribution is -0.138. The van der Waals surface area contributed by atoms with E-state index in [1.807, 2.05) is 0 Å². The monoisotopic (exact) mass is 292 g/mol. The van der Waals surface area contributed by atoms with E-state index in [2.05, 4.69) is 29.3 Å². The molecular formula is C9H18N4O3P2. The molecule has 9 heteroatoms. The fraction of sp³-hybridized carbons (Fsp3) is 0.778. The number of hydrogen-bond acceptors (Lipinski definition) is 4. The van der Waals surface area contributed by atoms with Crippen molar-refractivity contribution < 1.29 is 14.4 Å². The molecule has 2 unspecified atom stereocenters. The van der Waals surface area contributed by atoms with Gasteiger partial charge in [-0.2, -0.15) is 0 Å². The Morgan fingerprint density at radius 3 is 3.00 bits per heavy atom. The molecule has 18 heavy (non-hydrogen) atoms. The van der Waals surface area contributed by atoms with Crippen LogP contribution >= 0.6 is 18.8 Å². The number of hydroxylamine groups is 1. The van der Waals surface area contributed by atoms with E-state index >= 15 is 0 Å². The lowest BCUT2D eigenvalue weighted by Gasteiger charge is -2.29. The Morgan fingerprint density at radius 1 is 1.50 bits per heavy atom. The van der Waals surface area contributed by atoms with Crippen LogP contribution in [0.5, 0.6) is 0 Å². The minimum absolute atomic E-state index is 0.103. The highest BCUT2D eigenvalue weighted by Gasteiger charge is 2.45. The summed E-state index contributed by atoms with van der Waals surface area (Å²) in [4.78, 5) is 30.4. The van der Waals surface area contributed by atoms with Gasteiger partial charge in [0.05, 0.1) is 12.6 Å². The lowest BCUT2D eigenvalue weighted by atomic mass is 10.0. The molecule has 3 amide bonds. The number of piperidine rings is 1. The topological polar surface area (TPSA) is 73.9 Å². The van der Waals surface area contributed by atoms with Crippen molar-refractivity contribution in [3.05, 3.63) is 0 Å². The van der Waals surface area contributed by atoms with Crippen LogP contribution in [0.1, 0.15) is 12.8 Å². The average molecular weight is 292 g/mol. The molecule has 2 rings (SSSR count). The quantitative estimate of drug-likeness (QED) is 0.406. The number of urea groups is 1. The van der Waals surface area contributed by atoms with Gasteiger partial charge in [0.25, 0.3) is 5.91 Å². The molecule has 2 aliphatic heterocycles. The van der Waals surface area contributed by atoms with Gasteiger partial charge in [-0.05, 0) is 22.2 Å². The molecule has 0 aromatic heterocycles. The SMILES string of the molecule is O=C(NOCCNP)[C@@H]1CC[C@H]2CN1C(=O)N2P. The van der Waals surface area contributed by atoms with E-state index in [1.165, 1.54) is 0 Å². The largest absolute Gasteiger partial charge is 0.323 e. The Kier molecular flexibility index (Phi) is 4.73. The Hall–Kier alpha value is -0.480. The van der Waals surface area contributed by atoms with E-state index in [0.29, 0.717) is 26.1 Å². The molecule has 2 bridgehead atoms. The third-order valence-electron chi connectivity index (χ3n) is 3.24. The predicted molar refractivity (Wildman–Crippen MR) is 72.3 cm³/mol. The number of amides is 3. The normalized spacial score (nSPS) is 26.7. The second-order valence-corrected chi connectivity index (χ2v) is 5.32. The zero-order chi connectivity index (χ0) is 13.1. The number of carbonyl (C=O) groups is 2. The maximum Gasteiger partial charge on any atom is 0.323 e. The van der Waals surface area contributed by atoms with E-state index < -0.39 is 6.04 Å². The van der Waals surface area contributed by atoms with Crippen LogP contribution < -0.4 is 10.6 Å². The summed E-state index contributed by atoms with van der Waals surface area (Å²) in [6, 6.07) is -0.300. The first-order valence-corrected chi connectivity index (χ1v) is 6.94. The zero-order valence-electron chi connectivity index (χ0n) is 9.96. The van der Waals surface area contributed by atoms with Crippen LogP contribution in [-0.2, 0) is 9.63 Å². The number of fused-ring (bicyclic) bond motifs is 2. The van der Waals surface area contributed by atoms with Gasteiger partial charge >= 0.3 is 6.03 Å². The molecule has 0 spiro atoms. The highest BCUT2D eigenvalue weighted by Crippen LogP contribution is 2.31. The van der Waals surface area contributed by atoms with Gasteiger partial charge in [0, 0.05) is 13.1 Å². The van der Waals surface area contributed by atoms with Gasteiger partial charge in [-0.25, -0.2) is 10.3 Å². The summed E-state index contributed by atoms with van der Waals surface area (Å²) < 4.78 is 1.63. The summed E-state index contributed by atoms with van der Waals surface area (Å²) in [5, 5.41) is 2.83. The van der Waals surface area contributed by atoms with Crippen LogP contribution in [0.4, 0.5) is 4.79 Å². The molecule has 2 fully saturated rings. The summed E-state index contributed by atoms with van der Waals surface area (Å²) in [7, 11) is 4.78. The maximum absolute atomic E-state index is 11.9. The van der Waals surface area contributed by atoms with E-state index in [9.17, 15) is 9.59 Å². The highest BCUT2D eigenvalue weighted by atomic mass is 31.0. The Bertz CT molecular complexity index is 344. The first-order chi connectivity index (χ1) is 8.65. The smallest absolute Gasteiger partial charge is 0.310 e. The van der Waals surface area contributed by atoms with Crippen molar-refractivity contribution in [1.82, 2.24) is 20.1 Å². The number of nitrogens with zero attached hydrogens (tertiary/aromatic N) is 2. The van der Waals surface area contributed by atoms with Gasteiger partial charge in [-0.15, -0.1) is 0 Å². The van der Waals surface area contributed by atoms with Gasteiger partial charge in [0.2, 0.25) is 0 Å². The van der Waals surface area contributed by atoms with Crippen LogP contribution in [0.2, 0.25) is 0 Å². The standard InChI is InChI=1S/C9H18N4O3P2/c14-8(11-16-4-3-10-17)7-2-1-6-5-12(7)9(15)13(6)18/h6-7,10H,1-5,17-18H2,(H,11,14)/t6-,7-/m0/s1. The maximum atomic E-state index is 11.9. The molecule has 2 aliphatic rings. The summed E-state index contributed by atoms with van der Waals surface area (Å²) >= 11 is 0. The Balaban J connectivity index is 1.85. The third kappa shape index (κ3) is 2.75. The molecule has 4 atom stereocenters. The number of nitrogens with one attached hydrogen (secondary N) is 2. The van der Waals surface area contributed by atoms with Gasteiger partial charge in [0.1, 0.15) is 6.04 Å². The molecule has 7 nitrogen and oxygen atoms in total. The first-order valence-electron chi connectivity index (χ1n) is 5.84. The molecular weight excluding hydrogens is 274 g/mol. The van der Waals surface area contributed by atoms with Crippen LogP contribution in [0.25, 0.3) is 0 Å². The van der Waals surface area contributed by atoms with Crippen LogP contribution in [0.15, 0.2) is 0 Å². The van der Waals surface area contributed by atoms with E-state index in [4.69, 9.17) is 4.84 Å². The number of rotatable bonds is 5. The number of carbonyl (C=O) groups excluding carboxylic acids is 2. The summed E-state index contributed by atoms with van der Waals surface area (Å²) in [6.07, 6.45) is 1.52. The Labute approximate surface area is 110 Å². The van der Waals surface area contributed by atoms with Crippen LogP contribution in [0, 0.1) is 0 Å². The third-order valence-corrected chi connectivity index (χ3v) is 4.17. The minimum Gasteiger partial charge on any atom is -0.310 e. The van der Waals surface area contributed by atoms with E-state index in [1.54, 1.807) is 9.57 Å². The van der Waals surface area contributed by atoms with Crippen molar-refractivity contribution in [3.63, 3.8) is 0 Å². The predicted octanol–water partition coefficient (Wildman–Crippen LogP) is -0.527. The fourth-order valence-corrected chi connectivity index (χ4v) is 2.78. The molecule has 0 aromatic carbocycles. The first kappa shape index (κ1) is 13.9. The van der Waals surface area contributed by atoms with Crippen molar-refractivity contribution in [2.45, 2.75) is 24.9 Å². The molecule has 0 radical (unpaired) electrons. The van der Waals surface area contributed by atoms with Gasteiger partial charge in [-0.1, -0.05) is 9.39 Å². The van der Waals surface area contributed by atoms with Crippen molar-refractivity contribution in [1.29, 1.82) is 0 Å². The molecule has 2 heterocycles. The molecule has 0 saturated carbocycles. The highest BCUT2D eigenvalue weighted by molar-refractivity contribution is 7.14. The van der Waals surface area contributed by atoms with Gasteiger partial charge in [0.15, 0.2) is 0 Å². The fourth-order valence-electron chi connectivity index (χ4n) is 2.27. The second kappa shape index (κ2) is 6.11. The molecule has 0 aromatic rings. The molecule has 2 saturated heterocycles. The average Bonchev–Trinajstić information content (AvgIpc) is 2.60. The minimum atomic E-state index is -0.414. The summed E-state index contributed by atoms with van der Waals surface area (Å²) in [6.45, 7) is 1.63. The van der Waals surface area contributed by atoms with E-state index in [-0.39, 0.29) is 18.0 Å². The van der Waals surface area contributed by atoms with Crippen molar-refractivity contribution in [2.75, 3.05) is 19.7 Å². The van der Waals surface area contributed by atoms with Crippen molar-refractivity contribution in [2.24, 2.45) is 0 Å². The molecule has 102 valence electrons. The second-order valence-electron chi connectivity index (χ2n) is 4.36. The molecule has 2 N–H and O–H groups in total.